The number of esters is 1. The number of amides is 1. The summed E-state index contributed by atoms with van der Waals surface area (Å²) >= 11 is 0. The zero-order chi connectivity index (χ0) is 19.3. The van der Waals surface area contributed by atoms with Crippen molar-refractivity contribution in [2.75, 3.05) is 5.32 Å². The summed E-state index contributed by atoms with van der Waals surface area (Å²) in [6, 6.07) is 7.43. The highest BCUT2D eigenvalue weighted by atomic mass is 16.5. The number of ether oxygens (including phenoxy) is 1. The number of rotatable bonds is 6. The Morgan fingerprint density at radius 2 is 1.96 bits per heavy atom. The lowest BCUT2D eigenvalue weighted by Crippen LogP contribution is -2.34. The molecule has 0 aliphatic carbocycles. The predicted molar refractivity (Wildman–Crippen MR) is 92.0 cm³/mol. The zero-order valence-corrected chi connectivity index (χ0v) is 14.1. The van der Waals surface area contributed by atoms with E-state index in [-0.39, 0.29) is 5.78 Å². The minimum Gasteiger partial charge on any atom is -0.451 e. The molecule has 26 heavy (non-hydrogen) atoms. The van der Waals surface area contributed by atoms with Crippen LogP contribution in [0.5, 0.6) is 0 Å². The third kappa shape index (κ3) is 5.00. The predicted octanol–water partition coefficient (Wildman–Crippen LogP) is 0.310. The standard InChI is InChI=1S/C17H17N3O6/c1-10(21)12-4-3-5-13(8-12)18-16(24)11(2)26-15(23)9-20-7-6-14(22)19-17(20)25/h3-8,11H,9H2,1-2H3,(H,18,24)(H,19,22,25)/t11-/m0/s1. The van der Waals surface area contributed by atoms with Gasteiger partial charge < -0.3 is 10.1 Å². The quantitative estimate of drug-likeness (QED) is 0.564. The van der Waals surface area contributed by atoms with Gasteiger partial charge in [0, 0.05) is 23.5 Å². The second kappa shape index (κ2) is 8.06. The fourth-order valence-corrected chi connectivity index (χ4v) is 2.06. The summed E-state index contributed by atoms with van der Waals surface area (Å²) in [5.74, 6) is -1.56. The summed E-state index contributed by atoms with van der Waals surface area (Å²) in [5.41, 5.74) is -0.514. The van der Waals surface area contributed by atoms with Gasteiger partial charge in [0.25, 0.3) is 11.5 Å². The van der Waals surface area contributed by atoms with E-state index in [2.05, 4.69) is 5.32 Å². The second-order valence-electron chi connectivity index (χ2n) is 5.50. The maximum atomic E-state index is 12.1. The number of anilines is 1. The topological polar surface area (TPSA) is 127 Å². The smallest absolute Gasteiger partial charge is 0.328 e. The van der Waals surface area contributed by atoms with Gasteiger partial charge in [-0.25, -0.2) is 4.79 Å². The molecule has 1 aromatic heterocycles. The number of hydrogen-bond donors (Lipinski definition) is 2. The van der Waals surface area contributed by atoms with Crippen LogP contribution in [-0.4, -0.2) is 33.3 Å². The molecule has 0 radical (unpaired) electrons. The van der Waals surface area contributed by atoms with Crippen LogP contribution in [-0.2, 0) is 20.9 Å². The van der Waals surface area contributed by atoms with Crippen molar-refractivity contribution in [3.05, 3.63) is 62.9 Å². The summed E-state index contributed by atoms with van der Waals surface area (Å²) in [6.45, 7) is 2.33. The van der Waals surface area contributed by atoms with Gasteiger partial charge in [-0.1, -0.05) is 12.1 Å². The molecule has 1 atom stereocenters. The van der Waals surface area contributed by atoms with Crippen molar-refractivity contribution in [3.63, 3.8) is 0 Å². The molecule has 9 heteroatoms. The molecule has 9 nitrogen and oxygen atoms in total. The molecule has 0 unspecified atom stereocenters. The number of ketones is 1. The van der Waals surface area contributed by atoms with Crippen LogP contribution in [0.25, 0.3) is 0 Å². The maximum absolute atomic E-state index is 12.1. The number of carbonyl (C=O) groups is 3. The van der Waals surface area contributed by atoms with E-state index < -0.39 is 35.8 Å². The second-order valence-corrected chi connectivity index (χ2v) is 5.50. The molecule has 0 bridgehead atoms. The zero-order valence-electron chi connectivity index (χ0n) is 14.1. The molecule has 0 saturated heterocycles. The van der Waals surface area contributed by atoms with E-state index in [0.717, 1.165) is 16.8 Å². The Labute approximate surface area is 147 Å². The first-order valence-electron chi connectivity index (χ1n) is 7.67. The van der Waals surface area contributed by atoms with Gasteiger partial charge in [-0.3, -0.25) is 28.7 Å². The normalized spacial score (nSPS) is 11.5. The highest BCUT2D eigenvalue weighted by Gasteiger charge is 2.18. The first-order chi connectivity index (χ1) is 12.3. The average Bonchev–Trinajstić information content (AvgIpc) is 2.57. The van der Waals surface area contributed by atoms with Crippen LogP contribution in [0.4, 0.5) is 5.69 Å². The largest absolute Gasteiger partial charge is 0.451 e. The molecule has 136 valence electrons. The highest BCUT2D eigenvalue weighted by Crippen LogP contribution is 2.12. The van der Waals surface area contributed by atoms with Crippen molar-refractivity contribution >= 4 is 23.3 Å². The van der Waals surface area contributed by atoms with Crippen LogP contribution >= 0.6 is 0 Å². The maximum Gasteiger partial charge on any atom is 0.328 e. The van der Waals surface area contributed by atoms with E-state index in [4.69, 9.17) is 4.74 Å². The van der Waals surface area contributed by atoms with Crippen LogP contribution in [0.1, 0.15) is 24.2 Å². The van der Waals surface area contributed by atoms with Crippen molar-refractivity contribution in [2.45, 2.75) is 26.5 Å². The summed E-state index contributed by atoms with van der Waals surface area (Å²) < 4.78 is 5.93. The molecule has 1 heterocycles. The van der Waals surface area contributed by atoms with E-state index in [9.17, 15) is 24.0 Å². The van der Waals surface area contributed by atoms with Crippen LogP contribution in [0.15, 0.2) is 46.1 Å². The number of carbonyl (C=O) groups excluding carboxylic acids is 3. The molecular formula is C17H17N3O6. The molecule has 0 saturated carbocycles. The first kappa shape index (κ1) is 18.8. The Kier molecular flexibility index (Phi) is 5.84. The van der Waals surface area contributed by atoms with Gasteiger partial charge in [0.05, 0.1) is 0 Å². The lowest BCUT2D eigenvalue weighted by Gasteiger charge is -2.14. The van der Waals surface area contributed by atoms with Gasteiger partial charge in [-0.15, -0.1) is 0 Å². The molecule has 1 amide bonds. The van der Waals surface area contributed by atoms with Gasteiger partial charge in [0.15, 0.2) is 11.9 Å². The number of H-pyrrole nitrogens is 1. The van der Waals surface area contributed by atoms with Gasteiger partial charge >= 0.3 is 11.7 Å². The summed E-state index contributed by atoms with van der Waals surface area (Å²) in [4.78, 5) is 59.8. The van der Waals surface area contributed by atoms with Crippen LogP contribution < -0.4 is 16.6 Å². The SMILES string of the molecule is CC(=O)c1cccc(NC(=O)[C@H](C)OC(=O)Cn2ccc(=O)[nH]c2=O)c1. The van der Waals surface area contributed by atoms with Gasteiger partial charge in [-0.2, -0.15) is 0 Å². The van der Waals surface area contributed by atoms with Gasteiger partial charge in [-0.05, 0) is 26.0 Å². The van der Waals surface area contributed by atoms with E-state index >= 15 is 0 Å². The minimum absolute atomic E-state index is 0.146. The lowest BCUT2D eigenvalue weighted by molar-refractivity contribution is -0.153. The Balaban J connectivity index is 1.96. The van der Waals surface area contributed by atoms with Crippen molar-refractivity contribution in [1.29, 1.82) is 0 Å². The molecule has 2 aromatic rings. The fraction of sp³-hybridized carbons (Fsp3) is 0.235. The minimum atomic E-state index is -1.12. The number of benzene rings is 1. The van der Waals surface area contributed by atoms with E-state index in [1.807, 2.05) is 4.98 Å². The van der Waals surface area contributed by atoms with Gasteiger partial charge in [0.1, 0.15) is 6.54 Å². The number of nitrogens with one attached hydrogen (secondary N) is 2. The third-order valence-corrected chi connectivity index (χ3v) is 3.41. The number of aromatic nitrogens is 2. The Morgan fingerprint density at radius 1 is 1.23 bits per heavy atom. The monoisotopic (exact) mass is 359 g/mol. The Hall–Kier alpha value is -3.49. The van der Waals surface area contributed by atoms with Crippen molar-refractivity contribution < 1.29 is 19.1 Å². The molecule has 0 aliphatic heterocycles. The molecule has 1 aromatic carbocycles. The average molecular weight is 359 g/mol. The lowest BCUT2D eigenvalue weighted by atomic mass is 10.1. The van der Waals surface area contributed by atoms with Gasteiger partial charge in [0.2, 0.25) is 0 Å². The molecule has 0 fully saturated rings. The first-order valence-corrected chi connectivity index (χ1v) is 7.67. The fourth-order valence-electron chi connectivity index (χ4n) is 2.06. The van der Waals surface area contributed by atoms with Crippen molar-refractivity contribution in [1.82, 2.24) is 9.55 Å². The van der Waals surface area contributed by atoms with Crippen molar-refractivity contribution in [2.24, 2.45) is 0 Å². The number of nitrogens with zero attached hydrogens (tertiary/aromatic N) is 1. The third-order valence-electron chi connectivity index (χ3n) is 3.41. The number of Topliss-reactive ketones (excluding diaryl/α,β-unsaturated/α-hetero) is 1. The van der Waals surface area contributed by atoms with E-state index in [0.29, 0.717) is 11.3 Å². The highest BCUT2D eigenvalue weighted by molar-refractivity contribution is 5.98. The molecule has 0 spiro atoms. The molecule has 2 rings (SSSR count). The Bertz CT molecular complexity index is 959. The van der Waals surface area contributed by atoms with Crippen LogP contribution in [0, 0.1) is 0 Å². The van der Waals surface area contributed by atoms with Crippen LogP contribution in [0.3, 0.4) is 0 Å². The number of hydrogen-bond acceptors (Lipinski definition) is 6. The molecule has 2 N–H and O–H groups in total. The Morgan fingerprint density at radius 3 is 2.62 bits per heavy atom. The van der Waals surface area contributed by atoms with Crippen molar-refractivity contribution in [3.8, 4) is 0 Å². The number of aromatic amines is 1. The van der Waals surface area contributed by atoms with Crippen LogP contribution in [0.2, 0.25) is 0 Å². The van der Waals surface area contributed by atoms with E-state index in [1.54, 1.807) is 18.2 Å². The summed E-state index contributed by atoms with van der Waals surface area (Å²) in [6.07, 6.45) is 0.0300. The molecule has 0 aliphatic rings. The van der Waals surface area contributed by atoms with E-state index in [1.165, 1.54) is 19.9 Å². The summed E-state index contributed by atoms with van der Waals surface area (Å²) in [7, 11) is 0. The summed E-state index contributed by atoms with van der Waals surface area (Å²) in [5, 5.41) is 2.54. The molecular weight excluding hydrogens is 342 g/mol.